The van der Waals surface area contributed by atoms with Crippen LogP contribution >= 0.6 is 0 Å². The normalized spacial score (nSPS) is 20.3. The zero-order chi connectivity index (χ0) is 17.9. The van der Waals surface area contributed by atoms with Crippen molar-refractivity contribution in [2.75, 3.05) is 13.2 Å². The van der Waals surface area contributed by atoms with Crippen LogP contribution in [0.25, 0.3) is 0 Å². The standard InChI is InChI=1S/C20H26N4O2/c1-23-17-11-12-24(20(25)16-9-5-6-10-16)18(19(17)21-22-23)14-26-13-15-7-3-2-4-8-15/h2-4,7-8,16,18H,5-6,9-14H2,1H3/t18-/m0/s1. The summed E-state index contributed by atoms with van der Waals surface area (Å²) in [5.41, 5.74) is 3.16. The summed E-state index contributed by atoms with van der Waals surface area (Å²) in [7, 11) is 1.92. The van der Waals surface area contributed by atoms with Gasteiger partial charge in [-0.25, -0.2) is 0 Å². The van der Waals surface area contributed by atoms with E-state index in [9.17, 15) is 4.79 Å². The van der Waals surface area contributed by atoms with Crippen molar-refractivity contribution >= 4 is 5.91 Å². The summed E-state index contributed by atoms with van der Waals surface area (Å²) in [6, 6.07) is 9.99. The number of benzene rings is 1. The Hall–Kier alpha value is -2.21. The van der Waals surface area contributed by atoms with Gasteiger partial charge in [0.05, 0.1) is 18.9 Å². The van der Waals surface area contributed by atoms with Gasteiger partial charge in [-0.3, -0.25) is 9.48 Å². The topological polar surface area (TPSA) is 60.2 Å². The van der Waals surface area contributed by atoms with Gasteiger partial charge >= 0.3 is 0 Å². The van der Waals surface area contributed by atoms with Crippen LogP contribution in [0, 0.1) is 5.92 Å². The molecule has 1 aromatic carbocycles. The zero-order valence-electron chi connectivity index (χ0n) is 15.3. The third-order valence-electron chi connectivity index (χ3n) is 5.63. The second-order valence-electron chi connectivity index (χ2n) is 7.32. The van der Waals surface area contributed by atoms with Crippen LogP contribution in [0.4, 0.5) is 0 Å². The summed E-state index contributed by atoms with van der Waals surface area (Å²) >= 11 is 0. The maximum absolute atomic E-state index is 13.1. The van der Waals surface area contributed by atoms with Crippen LogP contribution in [0.5, 0.6) is 0 Å². The van der Waals surface area contributed by atoms with Crippen molar-refractivity contribution in [3.8, 4) is 0 Å². The Balaban J connectivity index is 1.50. The molecule has 1 aromatic heterocycles. The molecule has 0 bridgehead atoms. The van der Waals surface area contributed by atoms with Gasteiger partial charge in [0, 0.05) is 25.9 Å². The summed E-state index contributed by atoms with van der Waals surface area (Å²) in [5, 5.41) is 8.54. The third-order valence-corrected chi connectivity index (χ3v) is 5.63. The summed E-state index contributed by atoms with van der Waals surface area (Å²) in [4.78, 5) is 15.1. The molecule has 4 rings (SSSR count). The van der Waals surface area contributed by atoms with Crippen molar-refractivity contribution in [2.45, 2.75) is 44.8 Å². The van der Waals surface area contributed by atoms with E-state index in [2.05, 4.69) is 22.4 Å². The first-order valence-corrected chi connectivity index (χ1v) is 9.54. The van der Waals surface area contributed by atoms with Crippen LogP contribution < -0.4 is 0 Å². The number of aryl methyl sites for hydroxylation is 1. The maximum atomic E-state index is 13.1. The Bertz CT molecular complexity index is 752. The van der Waals surface area contributed by atoms with Crippen molar-refractivity contribution in [1.29, 1.82) is 0 Å². The number of amides is 1. The lowest BCUT2D eigenvalue weighted by Gasteiger charge is -2.36. The lowest BCUT2D eigenvalue weighted by Crippen LogP contribution is -2.44. The largest absolute Gasteiger partial charge is 0.374 e. The third kappa shape index (κ3) is 3.38. The SMILES string of the molecule is Cn1nnc2c1CCN(C(=O)C1CCCC1)[C@H]2COCc1ccccc1. The summed E-state index contributed by atoms with van der Waals surface area (Å²) in [6.45, 7) is 1.72. The van der Waals surface area contributed by atoms with Gasteiger partial charge in [0.25, 0.3) is 0 Å². The molecule has 6 nitrogen and oxygen atoms in total. The van der Waals surface area contributed by atoms with Crippen molar-refractivity contribution in [1.82, 2.24) is 19.9 Å². The van der Waals surface area contributed by atoms with Crippen LogP contribution in [0.1, 0.15) is 48.7 Å². The quantitative estimate of drug-likeness (QED) is 0.828. The van der Waals surface area contributed by atoms with Crippen LogP contribution in [0.3, 0.4) is 0 Å². The van der Waals surface area contributed by atoms with Gasteiger partial charge in [-0.15, -0.1) is 5.10 Å². The molecule has 0 N–H and O–H groups in total. The van der Waals surface area contributed by atoms with Crippen LogP contribution in [-0.4, -0.2) is 39.0 Å². The zero-order valence-corrected chi connectivity index (χ0v) is 15.3. The van der Waals surface area contributed by atoms with E-state index in [1.807, 2.05) is 34.8 Å². The van der Waals surface area contributed by atoms with Gasteiger partial charge in [0.2, 0.25) is 5.91 Å². The van der Waals surface area contributed by atoms with Gasteiger partial charge in [-0.2, -0.15) is 0 Å². The Kier molecular flexibility index (Phi) is 5.02. The number of fused-ring (bicyclic) bond motifs is 1. The number of carbonyl (C=O) groups excluding carboxylic acids is 1. The number of ether oxygens (including phenoxy) is 1. The van der Waals surface area contributed by atoms with Crippen LogP contribution in [0.15, 0.2) is 30.3 Å². The maximum Gasteiger partial charge on any atom is 0.226 e. The average Bonchev–Trinajstić information content (AvgIpc) is 3.33. The van der Waals surface area contributed by atoms with Gasteiger partial charge in [0.1, 0.15) is 11.7 Å². The highest BCUT2D eigenvalue weighted by Crippen LogP contribution is 2.33. The molecule has 0 saturated heterocycles. The molecule has 1 atom stereocenters. The molecule has 1 saturated carbocycles. The number of hydrogen-bond acceptors (Lipinski definition) is 4. The molecule has 2 aliphatic rings. The Morgan fingerprint density at radius 1 is 1.23 bits per heavy atom. The minimum absolute atomic E-state index is 0.135. The Morgan fingerprint density at radius 2 is 2.00 bits per heavy atom. The average molecular weight is 354 g/mol. The second-order valence-corrected chi connectivity index (χ2v) is 7.32. The molecular weight excluding hydrogens is 328 g/mol. The highest BCUT2D eigenvalue weighted by molar-refractivity contribution is 5.79. The fourth-order valence-corrected chi connectivity index (χ4v) is 4.17. The molecule has 26 heavy (non-hydrogen) atoms. The van der Waals surface area contributed by atoms with E-state index >= 15 is 0 Å². The van der Waals surface area contributed by atoms with Gasteiger partial charge in [-0.1, -0.05) is 48.4 Å². The summed E-state index contributed by atoms with van der Waals surface area (Å²) in [6.07, 6.45) is 5.17. The van der Waals surface area contributed by atoms with Crippen LogP contribution in [0.2, 0.25) is 0 Å². The predicted octanol–water partition coefficient (Wildman–Crippen LogP) is 2.65. The van der Waals surface area contributed by atoms with Gasteiger partial charge in [-0.05, 0) is 18.4 Å². The number of nitrogens with zero attached hydrogens (tertiary/aromatic N) is 4. The van der Waals surface area contributed by atoms with E-state index in [0.29, 0.717) is 13.2 Å². The van der Waals surface area contributed by atoms with Crippen LogP contribution in [-0.2, 0) is 29.6 Å². The molecular formula is C20H26N4O2. The number of hydrogen-bond donors (Lipinski definition) is 0. The van der Waals surface area contributed by atoms with E-state index in [-0.39, 0.29) is 17.9 Å². The number of carbonyl (C=O) groups is 1. The molecule has 0 spiro atoms. The van der Waals surface area contributed by atoms with Gasteiger partial charge in [0.15, 0.2) is 0 Å². The summed E-state index contributed by atoms with van der Waals surface area (Å²) < 4.78 is 7.83. The van der Waals surface area contributed by atoms with E-state index < -0.39 is 0 Å². The molecule has 2 heterocycles. The van der Waals surface area contributed by atoms with Crippen molar-refractivity contribution in [2.24, 2.45) is 13.0 Å². The molecule has 1 fully saturated rings. The lowest BCUT2D eigenvalue weighted by atomic mass is 9.99. The molecule has 1 aliphatic carbocycles. The van der Waals surface area contributed by atoms with E-state index in [4.69, 9.17) is 4.74 Å². The molecule has 1 aliphatic heterocycles. The fourth-order valence-electron chi connectivity index (χ4n) is 4.17. The lowest BCUT2D eigenvalue weighted by molar-refractivity contribution is -0.140. The molecule has 138 valence electrons. The minimum Gasteiger partial charge on any atom is -0.374 e. The molecule has 2 aromatic rings. The molecule has 1 amide bonds. The first-order valence-electron chi connectivity index (χ1n) is 9.54. The molecule has 0 radical (unpaired) electrons. The van der Waals surface area contributed by atoms with E-state index in [0.717, 1.165) is 55.6 Å². The first kappa shape index (κ1) is 17.2. The fraction of sp³-hybridized carbons (Fsp3) is 0.550. The Labute approximate surface area is 154 Å². The van der Waals surface area contributed by atoms with Crippen molar-refractivity contribution in [3.05, 3.63) is 47.3 Å². The first-order chi connectivity index (χ1) is 12.7. The Morgan fingerprint density at radius 3 is 2.77 bits per heavy atom. The molecule has 0 unspecified atom stereocenters. The van der Waals surface area contributed by atoms with E-state index in [1.165, 1.54) is 0 Å². The number of aromatic nitrogens is 3. The van der Waals surface area contributed by atoms with Crippen molar-refractivity contribution in [3.63, 3.8) is 0 Å². The highest BCUT2D eigenvalue weighted by Gasteiger charge is 2.37. The monoisotopic (exact) mass is 354 g/mol. The van der Waals surface area contributed by atoms with E-state index in [1.54, 1.807) is 0 Å². The van der Waals surface area contributed by atoms with Gasteiger partial charge < -0.3 is 9.64 Å². The predicted molar refractivity (Wildman–Crippen MR) is 97.2 cm³/mol. The second kappa shape index (κ2) is 7.58. The minimum atomic E-state index is -0.135. The molecule has 6 heteroatoms. The van der Waals surface area contributed by atoms with Crippen molar-refractivity contribution < 1.29 is 9.53 Å². The number of rotatable bonds is 5. The highest BCUT2D eigenvalue weighted by atomic mass is 16.5. The smallest absolute Gasteiger partial charge is 0.226 e. The summed E-state index contributed by atoms with van der Waals surface area (Å²) in [5.74, 6) is 0.442.